The van der Waals surface area contributed by atoms with Gasteiger partial charge in [0.1, 0.15) is 0 Å². The molecule has 0 amide bonds. The zero-order valence-electron chi connectivity index (χ0n) is 6.44. The van der Waals surface area contributed by atoms with Crippen molar-refractivity contribution in [2.75, 3.05) is 6.61 Å². The van der Waals surface area contributed by atoms with Gasteiger partial charge >= 0.3 is 5.97 Å². The highest BCUT2D eigenvalue weighted by Gasteiger charge is 2.01. The van der Waals surface area contributed by atoms with Crippen LogP contribution in [0.4, 0.5) is 0 Å². The molecular weight excluding hydrogens is 130 g/mol. The fourth-order valence-corrected chi connectivity index (χ4v) is 0.483. The molecule has 0 unspecified atom stereocenters. The zero-order chi connectivity index (χ0) is 7.98. The van der Waals surface area contributed by atoms with Crippen molar-refractivity contribution in [3.05, 3.63) is 0 Å². The number of ether oxygens (including phenoxy) is 1. The van der Waals surface area contributed by atoms with E-state index in [4.69, 9.17) is 10.1 Å². The van der Waals surface area contributed by atoms with Crippen LogP contribution in [0.25, 0.3) is 0 Å². The summed E-state index contributed by atoms with van der Waals surface area (Å²) in [6, 6.07) is 0. The number of hydrogen-bond acceptors (Lipinski definition) is 3. The number of hydrogen-bond donors (Lipinski definition) is 1. The summed E-state index contributed by atoms with van der Waals surface area (Å²) in [6.07, 6.45) is 0.961. The summed E-state index contributed by atoms with van der Waals surface area (Å²) in [5.74, 6) is -0.297. The van der Waals surface area contributed by atoms with E-state index in [2.05, 4.69) is 0 Å². The number of rotatable bonds is 4. The third kappa shape index (κ3) is 5.28. The minimum atomic E-state index is -0.297. The van der Waals surface area contributed by atoms with Crippen molar-refractivity contribution in [1.29, 1.82) is 5.41 Å². The summed E-state index contributed by atoms with van der Waals surface area (Å²) in [5.41, 5.74) is 0.348. The first kappa shape index (κ1) is 9.14. The first-order valence-corrected chi connectivity index (χ1v) is 3.36. The average molecular weight is 143 g/mol. The fraction of sp³-hybridized carbons (Fsp3) is 0.714. The molecular formula is C7H13NO2. The molecule has 0 aromatic rings. The van der Waals surface area contributed by atoms with Crippen molar-refractivity contribution >= 4 is 11.7 Å². The Hall–Kier alpha value is -0.860. The summed E-state index contributed by atoms with van der Waals surface area (Å²) in [7, 11) is 0. The van der Waals surface area contributed by atoms with Crippen molar-refractivity contribution in [3.8, 4) is 0 Å². The van der Waals surface area contributed by atoms with Gasteiger partial charge in [-0.25, -0.2) is 0 Å². The molecule has 58 valence electrons. The van der Waals surface area contributed by atoms with Crippen molar-refractivity contribution < 1.29 is 9.53 Å². The summed E-state index contributed by atoms with van der Waals surface area (Å²) >= 11 is 0. The van der Waals surface area contributed by atoms with E-state index < -0.39 is 0 Å². The predicted molar refractivity (Wildman–Crippen MR) is 39.3 cm³/mol. The Kier molecular flexibility index (Phi) is 4.54. The largest absolute Gasteiger partial charge is 0.465 e. The molecule has 0 heterocycles. The monoisotopic (exact) mass is 143 g/mol. The molecule has 10 heavy (non-hydrogen) atoms. The van der Waals surface area contributed by atoms with Crippen molar-refractivity contribution in [3.63, 3.8) is 0 Å². The highest BCUT2D eigenvalue weighted by atomic mass is 16.5. The minimum Gasteiger partial charge on any atom is -0.465 e. The highest BCUT2D eigenvalue weighted by Crippen LogP contribution is 1.89. The lowest BCUT2D eigenvalue weighted by atomic mass is 10.3. The lowest BCUT2D eigenvalue weighted by molar-refractivity contribution is -0.142. The minimum absolute atomic E-state index is 0.125. The molecule has 3 nitrogen and oxygen atoms in total. The van der Waals surface area contributed by atoms with Crippen LogP contribution >= 0.6 is 0 Å². The Balaban J connectivity index is 3.35. The Bertz CT molecular complexity index is 132. The van der Waals surface area contributed by atoms with Crippen LogP contribution in [0.3, 0.4) is 0 Å². The summed E-state index contributed by atoms with van der Waals surface area (Å²) in [4.78, 5) is 10.6. The average Bonchev–Trinajstić information content (AvgIpc) is 1.82. The lowest BCUT2D eigenvalue weighted by Crippen LogP contribution is -2.08. The van der Waals surface area contributed by atoms with Gasteiger partial charge in [-0.15, -0.1) is 0 Å². The molecule has 0 saturated heterocycles. The Morgan fingerprint density at radius 1 is 1.60 bits per heavy atom. The molecule has 0 atom stereocenters. The van der Waals surface area contributed by atoms with Gasteiger partial charge in [0.25, 0.3) is 0 Å². The van der Waals surface area contributed by atoms with E-state index in [0.29, 0.717) is 12.3 Å². The van der Waals surface area contributed by atoms with Gasteiger partial charge in [-0.2, -0.15) is 0 Å². The zero-order valence-corrected chi connectivity index (χ0v) is 6.44. The smallest absolute Gasteiger partial charge is 0.311 e. The number of nitrogens with one attached hydrogen (secondary N) is 1. The molecule has 1 N–H and O–H groups in total. The Labute approximate surface area is 60.9 Å². The van der Waals surface area contributed by atoms with Gasteiger partial charge < -0.3 is 10.1 Å². The van der Waals surface area contributed by atoms with Crippen molar-refractivity contribution in [1.82, 2.24) is 0 Å². The van der Waals surface area contributed by atoms with Gasteiger partial charge in [-0.05, 0) is 13.3 Å². The quantitative estimate of drug-likeness (QED) is 0.477. The standard InChI is InChI=1S/C7H13NO2/c1-3-4-10-7(9)5-6(2)8/h8H,3-5H2,1-2H3. The van der Waals surface area contributed by atoms with Gasteiger partial charge in [-0.3, -0.25) is 4.79 Å². The van der Waals surface area contributed by atoms with Crippen LogP contribution in [-0.2, 0) is 9.53 Å². The predicted octanol–water partition coefficient (Wildman–Crippen LogP) is 1.37. The first-order chi connectivity index (χ1) is 4.66. The van der Waals surface area contributed by atoms with Crippen molar-refractivity contribution in [2.24, 2.45) is 0 Å². The summed E-state index contributed by atoms with van der Waals surface area (Å²) in [6.45, 7) is 3.99. The van der Waals surface area contributed by atoms with Crippen LogP contribution in [0, 0.1) is 5.41 Å². The topological polar surface area (TPSA) is 50.2 Å². The van der Waals surface area contributed by atoms with E-state index in [-0.39, 0.29) is 12.4 Å². The SMILES string of the molecule is CCCOC(=O)CC(C)=N. The van der Waals surface area contributed by atoms with Gasteiger partial charge in [0.2, 0.25) is 0 Å². The van der Waals surface area contributed by atoms with Crippen LogP contribution in [0.15, 0.2) is 0 Å². The van der Waals surface area contributed by atoms with E-state index in [1.807, 2.05) is 6.92 Å². The van der Waals surface area contributed by atoms with Crippen LogP contribution < -0.4 is 0 Å². The first-order valence-electron chi connectivity index (χ1n) is 3.36. The lowest BCUT2D eigenvalue weighted by Gasteiger charge is -2.00. The maximum Gasteiger partial charge on any atom is 0.311 e. The van der Waals surface area contributed by atoms with Gasteiger partial charge in [0, 0.05) is 5.71 Å². The molecule has 0 fully saturated rings. The maximum absolute atomic E-state index is 10.6. The normalized spacial score (nSPS) is 9.00. The van der Waals surface area contributed by atoms with Crippen molar-refractivity contribution in [2.45, 2.75) is 26.7 Å². The van der Waals surface area contributed by atoms with E-state index in [0.717, 1.165) is 6.42 Å². The van der Waals surface area contributed by atoms with E-state index >= 15 is 0 Å². The molecule has 0 aliphatic carbocycles. The molecule has 0 aliphatic rings. The second-order valence-corrected chi connectivity index (χ2v) is 2.18. The highest BCUT2D eigenvalue weighted by molar-refractivity contribution is 5.95. The number of esters is 1. The van der Waals surface area contributed by atoms with E-state index in [1.165, 1.54) is 0 Å². The molecule has 0 spiro atoms. The van der Waals surface area contributed by atoms with Gasteiger partial charge in [0.05, 0.1) is 13.0 Å². The third-order valence-corrected chi connectivity index (χ3v) is 0.877. The molecule has 0 bridgehead atoms. The molecule has 0 aromatic carbocycles. The molecule has 0 aromatic heterocycles. The molecule has 0 saturated carbocycles. The fourth-order valence-electron chi connectivity index (χ4n) is 0.483. The third-order valence-electron chi connectivity index (χ3n) is 0.877. The molecule has 0 aliphatic heterocycles. The van der Waals surface area contributed by atoms with Crippen LogP contribution in [0.5, 0.6) is 0 Å². The summed E-state index contributed by atoms with van der Waals surface area (Å²) in [5, 5.41) is 6.96. The van der Waals surface area contributed by atoms with Crippen LogP contribution in [-0.4, -0.2) is 18.3 Å². The van der Waals surface area contributed by atoms with E-state index in [1.54, 1.807) is 6.92 Å². The van der Waals surface area contributed by atoms with Crippen LogP contribution in [0.1, 0.15) is 26.7 Å². The number of carbonyl (C=O) groups excluding carboxylic acids is 1. The molecule has 3 heteroatoms. The second-order valence-electron chi connectivity index (χ2n) is 2.18. The number of carbonyl (C=O) groups is 1. The Morgan fingerprint density at radius 3 is 2.60 bits per heavy atom. The molecule has 0 rings (SSSR count). The van der Waals surface area contributed by atoms with Gasteiger partial charge in [-0.1, -0.05) is 6.92 Å². The summed E-state index contributed by atoms with van der Waals surface area (Å²) < 4.78 is 4.72. The maximum atomic E-state index is 10.6. The second kappa shape index (κ2) is 4.97. The van der Waals surface area contributed by atoms with Crippen LogP contribution in [0.2, 0.25) is 0 Å². The van der Waals surface area contributed by atoms with Gasteiger partial charge in [0.15, 0.2) is 0 Å². The molecule has 0 radical (unpaired) electrons. The van der Waals surface area contributed by atoms with E-state index in [9.17, 15) is 4.79 Å². The Morgan fingerprint density at radius 2 is 2.20 bits per heavy atom.